The summed E-state index contributed by atoms with van der Waals surface area (Å²) >= 11 is 5.92. The first kappa shape index (κ1) is 17.3. The topological polar surface area (TPSA) is 22.1 Å². The summed E-state index contributed by atoms with van der Waals surface area (Å²) in [5, 5.41) is 0. The summed E-state index contributed by atoms with van der Waals surface area (Å²) in [7, 11) is 0. The second-order valence-corrected chi connectivity index (χ2v) is 5.57. The Hall–Kier alpha value is -0.760. The molecule has 0 aliphatic rings. The van der Waals surface area contributed by atoms with Crippen molar-refractivity contribution in [1.82, 2.24) is 4.98 Å². The van der Waals surface area contributed by atoms with Gasteiger partial charge in [0.2, 0.25) is 5.88 Å². The predicted octanol–water partition coefficient (Wildman–Crippen LogP) is 5.51. The Labute approximate surface area is 128 Å². The van der Waals surface area contributed by atoms with Crippen molar-refractivity contribution in [2.45, 2.75) is 71.1 Å². The molecule has 0 atom stereocenters. The van der Waals surface area contributed by atoms with Crippen LogP contribution in [0.1, 0.15) is 70.1 Å². The van der Waals surface area contributed by atoms with E-state index >= 15 is 0 Å². The third-order valence-electron chi connectivity index (χ3n) is 3.32. The standard InChI is InChI=1S/C17H28ClNO/c1-3-5-6-7-8-9-11-20-17-13-15(14-18)12-16(19-17)10-4-2/h12-13H,3-11,14H2,1-2H3. The van der Waals surface area contributed by atoms with Gasteiger partial charge < -0.3 is 4.74 Å². The zero-order valence-electron chi connectivity index (χ0n) is 13.0. The van der Waals surface area contributed by atoms with Gasteiger partial charge in [-0.3, -0.25) is 0 Å². The van der Waals surface area contributed by atoms with E-state index in [-0.39, 0.29) is 0 Å². The predicted molar refractivity (Wildman–Crippen MR) is 86.7 cm³/mol. The number of unbranched alkanes of at least 4 members (excludes halogenated alkanes) is 5. The van der Waals surface area contributed by atoms with Crippen molar-refractivity contribution < 1.29 is 4.74 Å². The van der Waals surface area contributed by atoms with Gasteiger partial charge >= 0.3 is 0 Å². The molecule has 0 unspecified atom stereocenters. The highest BCUT2D eigenvalue weighted by Gasteiger charge is 2.03. The average molecular weight is 298 g/mol. The van der Waals surface area contributed by atoms with Crippen LogP contribution in [0.4, 0.5) is 0 Å². The number of pyridine rings is 1. The molecular formula is C17H28ClNO. The molecule has 0 spiro atoms. The van der Waals surface area contributed by atoms with E-state index in [4.69, 9.17) is 16.3 Å². The van der Waals surface area contributed by atoms with Crippen LogP contribution in [0.2, 0.25) is 0 Å². The number of nitrogens with zero attached hydrogens (tertiary/aromatic N) is 1. The molecule has 0 saturated carbocycles. The molecule has 0 aliphatic heterocycles. The van der Waals surface area contributed by atoms with Gasteiger partial charge in [0.15, 0.2) is 0 Å². The maximum atomic E-state index is 5.92. The molecule has 0 aromatic carbocycles. The normalized spacial score (nSPS) is 10.8. The van der Waals surface area contributed by atoms with E-state index in [1.165, 1.54) is 32.1 Å². The molecule has 0 bridgehead atoms. The monoisotopic (exact) mass is 297 g/mol. The molecule has 1 rings (SSSR count). The lowest BCUT2D eigenvalue weighted by atomic mass is 10.1. The molecule has 0 fully saturated rings. The van der Waals surface area contributed by atoms with Gasteiger partial charge in [-0.2, -0.15) is 0 Å². The summed E-state index contributed by atoms with van der Waals surface area (Å²) in [5.74, 6) is 1.26. The third kappa shape index (κ3) is 7.14. The Morgan fingerprint density at radius 1 is 1.00 bits per heavy atom. The van der Waals surface area contributed by atoms with Gasteiger partial charge in [0.1, 0.15) is 0 Å². The fourth-order valence-corrected chi connectivity index (χ4v) is 2.37. The highest BCUT2D eigenvalue weighted by molar-refractivity contribution is 6.17. The van der Waals surface area contributed by atoms with Crippen LogP contribution in [-0.2, 0) is 12.3 Å². The highest BCUT2D eigenvalue weighted by atomic mass is 35.5. The van der Waals surface area contributed by atoms with E-state index in [0.717, 1.165) is 43.0 Å². The number of ether oxygens (including phenoxy) is 1. The van der Waals surface area contributed by atoms with E-state index in [1.54, 1.807) is 0 Å². The SMILES string of the molecule is CCCCCCCCOc1cc(CCl)cc(CCC)n1. The van der Waals surface area contributed by atoms with Crippen molar-refractivity contribution in [3.63, 3.8) is 0 Å². The van der Waals surface area contributed by atoms with Crippen molar-refractivity contribution in [3.05, 3.63) is 23.4 Å². The Morgan fingerprint density at radius 3 is 2.45 bits per heavy atom. The first-order chi connectivity index (χ1) is 9.80. The van der Waals surface area contributed by atoms with Gasteiger partial charge in [-0.1, -0.05) is 52.4 Å². The quantitative estimate of drug-likeness (QED) is 0.397. The molecule has 1 heterocycles. The van der Waals surface area contributed by atoms with Gasteiger partial charge in [0.25, 0.3) is 0 Å². The molecule has 0 saturated heterocycles. The molecule has 3 heteroatoms. The van der Waals surface area contributed by atoms with E-state index < -0.39 is 0 Å². The van der Waals surface area contributed by atoms with Gasteiger partial charge in [-0.25, -0.2) is 4.98 Å². The van der Waals surface area contributed by atoms with E-state index in [0.29, 0.717) is 5.88 Å². The zero-order valence-corrected chi connectivity index (χ0v) is 13.7. The fraction of sp³-hybridized carbons (Fsp3) is 0.706. The molecule has 1 aromatic rings. The summed E-state index contributed by atoms with van der Waals surface area (Å²) in [4.78, 5) is 4.54. The Morgan fingerprint density at radius 2 is 1.75 bits per heavy atom. The van der Waals surface area contributed by atoms with Gasteiger partial charge in [0.05, 0.1) is 6.61 Å². The van der Waals surface area contributed by atoms with E-state index in [1.807, 2.05) is 6.07 Å². The van der Waals surface area contributed by atoms with Crippen LogP contribution in [0.3, 0.4) is 0 Å². The Balaban J connectivity index is 2.33. The molecule has 20 heavy (non-hydrogen) atoms. The lowest BCUT2D eigenvalue weighted by Gasteiger charge is -2.09. The lowest BCUT2D eigenvalue weighted by Crippen LogP contribution is -2.02. The summed E-state index contributed by atoms with van der Waals surface area (Å²) in [6, 6.07) is 4.04. The van der Waals surface area contributed by atoms with E-state index in [2.05, 4.69) is 24.9 Å². The summed E-state index contributed by atoms with van der Waals surface area (Å²) in [6.07, 6.45) is 9.74. The third-order valence-corrected chi connectivity index (χ3v) is 3.63. The van der Waals surface area contributed by atoms with Gasteiger partial charge in [-0.05, 0) is 24.5 Å². The second-order valence-electron chi connectivity index (χ2n) is 5.30. The Kier molecular flexibility index (Phi) is 9.48. The van der Waals surface area contributed by atoms with Crippen molar-refractivity contribution in [2.24, 2.45) is 0 Å². The van der Waals surface area contributed by atoms with Crippen LogP contribution in [0, 0.1) is 0 Å². The van der Waals surface area contributed by atoms with Crippen molar-refractivity contribution in [3.8, 4) is 5.88 Å². The van der Waals surface area contributed by atoms with Crippen LogP contribution in [0.25, 0.3) is 0 Å². The fourth-order valence-electron chi connectivity index (χ4n) is 2.21. The Bertz CT molecular complexity index is 368. The van der Waals surface area contributed by atoms with Crippen molar-refractivity contribution in [1.29, 1.82) is 0 Å². The number of rotatable bonds is 11. The van der Waals surface area contributed by atoms with E-state index in [9.17, 15) is 0 Å². The minimum atomic E-state index is 0.520. The number of aryl methyl sites for hydroxylation is 1. The first-order valence-electron chi connectivity index (χ1n) is 7.98. The first-order valence-corrected chi connectivity index (χ1v) is 8.52. The number of aromatic nitrogens is 1. The molecule has 1 aromatic heterocycles. The zero-order chi connectivity index (χ0) is 14.6. The maximum Gasteiger partial charge on any atom is 0.213 e. The molecule has 2 nitrogen and oxygen atoms in total. The number of halogens is 1. The average Bonchev–Trinajstić information content (AvgIpc) is 2.46. The molecule has 0 N–H and O–H groups in total. The lowest BCUT2D eigenvalue weighted by molar-refractivity contribution is 0.292. The molecule has 114 valence electrons. The maximum absolute atomic E-state index is 5.92. The summed E-state index contributed by atoms with van der Waals surface area (Å²) < 4.78 is 5.77. The largest absolute Gasteiger partial charge is 0.478 e. The van der Waals surface area contributed by atoms with Crippen LogP contribution >= 0.6 is 11.6 Å². The van der Waals surface area contributed by atoms with Crippen LogP contribution in [0.15, 0.2) is 12.1 Å². The smallest absolute Gasteiger partial charge is 0.213 e. The van der Waals surface area contributed by atoms with Crippen LogP contribution in [0.5, 0.6) is 5.88 Å². The number of alkyl halides is 1. The molecule has 0 aliphatic carbocycles. The second kappa shape index (κ2) is 11.0. The van der Waals surface area contributed by atoms with Crippen molar-refractivity contribution >= 4 is 11.6 Å². The van der Waals surface area contributed by atoms with Crippen LogP contribution < -0.4 is 4.74 Å². The molecule has 0 radical (unpaired) electrons. The van der Waals surface area contributed by atoms with Gasteiger partial charge in [0, 0.05) is 17.6 Å². The number of hydrogen-bond acceptors (Lipinski definition) is 2. The highest BCUT2D eigenvalue weighted by Crippen LogP contribution is 2.16. The van der Waals surface area contributed by atoms with Gasteiger partial charge in [-0.15, -0.1) is 11.6 Å². The summed E-state index contributed by atoms with van der Waals surface area (Å²) in [5.41, 5.74) is 2.19. The minimum absolute atomic E-state index is 0.520. The molecular weight excluding hydrogens is 270 g/mol. The minimum Gasteiger partial charge on any atom is -0.478 e. The molecule has 0 amide bonds. The summed E-state index contributed by atoms with van der Waals surface area (Å²) in [6.45, 7) is 5.16. The van der Waals surface area contributed by atoms with Crippen molar-refractivity contribution in [2.75, 3.05) is 6.61 Å². The van der Waals surface area contributed by atoms with Crippen LogP contribution in [-0.4, -0.2) is 11.6 Å². The number of hydrogen-bond donors (Lipinski definition) is 0.